The van der Waals surface area contributed by atoms with Gasteiger partial charge in [-0.15, -0.1) is 0 Å². The van der Waals surface area contributed by atoms with Crippen LogP contribution in [0.2, 0.25) is 0 Å². The molecule has 0 aliphatic heterocycles. The van der Waals surface area contributed by atoms with E-state index in [1.165, 1.54) is 0 Å². The third-order valence-corrected chi connectivity index (χ3v) is 2.15. The molecule has 0 bridgehead atoms. The van der Waals surface area contributed by atoms with E-state index in [0.717, 1.165) is 11.1 Å². The van der Waals surface area contributed by atoms with Crippen LogP contribution in [0.3, 0.4) is 0 Å². The van der Waals surface area contributed by atoms with Crippen molar-refractivity contribution in [3.05, 3.63) is 35.4 Å². The zero-order chi connectivity index (χ0) is 12.0. The van der Waals surface area contributed by atoms with Crippen molar-refractivity contribution < 1.29 is 9.59 Å². The summed E-state index contributed by atoms with van der Waals surface area (Å²) in [4.78, 5) is 21.9. The Labute approximate surface area is 93.8 Å². The van der Waals surface area contributed by atoms with Crippen molar-refractivity contribution >= 4 is 11.8 Å². The zero-order valence-electron chi connectivity index (χ0n) is 8.90. The van der Waals surface area contributed by atoms with Crippen LogP contribution in [0, 0.1) is 0 Å². The van der Waals surface area contributed by atoms with E-state index >= 15 is 0 Å². The molecular weight excluding hydrogens is 206 g/mol. The maximum absolute atomic E-state index is 11.4. The first-order valence-electron chi connectivity index (χ1n) is 4.95. The van der Waals surface area contributed by atoms with E-state index in [0.29, 0.717) is 6.54 Å². The number of nitrogens with one attached hydrogen (secondary N) is 1. The standard InChI is InChI=1S/C11H15N3O2/c12-6-9-4-2-1-3-8(9)5-11(16)14-7-10(13)15/h1-4H,5-7,12H2,(H2,13,15)(H,14,16). The largest absolute Gasteiger partial charge is 0.368 e. The first-order chi connectivity index (χ1) is 7.63. The van der Waals surface area contributed by atoms with Gasteiger partial charge in [0.2, 0.25) is 11.8 Å². The predicted octanol–water partition coefficient (Wildman–Crippen LogP) is -0.711. The average Bonchev–Trinajstić information content (AvgIpc) is 2.27. The lowest BCUT2D eigenvalue weighted by Gasteiger charge is -2.07. The Morgan fingerprint density at radius 1 is 1.19 bits per heavy atom. The van der Waals surface area contributed by atoms with Crippen molar-refractivity contribution in [2.75, 3.05) is 6.54 Å². The highest BCUT2D eigenvalue weighted by Gasteiger charge is 2.07. The summed E-state index contributed by atoms with van der Waals surface area (Å²) in [5, 5.41) is 2.43. The molecule has 0 unspecified atom stereocenters. The second kappa shape index (κ2) is 5.87. The molecule has 1 aromatic carbocycles. The van der Waals surface area contributed by atoms with Crippen LogP contribution in [0.15, 0.2) is 24.3 Å². The van der Waals surface area contributed by atoms with Crippen molar-refractivity contribution in [1.29, 1.82) is 0 Å². The molecular formula is C11H15N3O2. The highest BCUT2D eigenvalue weighted by atomic mass is 16.2. The van der Waals surface area contributed by atoms with Crippen LogP contribution in [-0.2, 0) is 22.6 Å². The Kier molecular flexibility index (Phi) is 4.47. The van der Waals surface area contributed by atoms with Crippen molar-refractivity contribution in [2.45, 2.75) is 13.0 Å². The summed E-state index contributed by atoms with van der Waals surface area (Å²) in [6.45, 7) is 0.253. The van der Waals surface area contributed by atoms with Gasteiger partial charge in [-0.2, -0.15) is 0 Å². The van der Waals surface area contributed by atoms with Crippen LogP contribution in [0.25, 0.3) is 0 Å². The first-order valence-corrected chi connectivity index (χ1v) is 4.95. The molecule has 5 N–H and O–H groups in total. The maximum Gasteiger partial charge on any atom is 0.236 e. The number of primary amides is 1. The fourth-order valence-electron chi connectivity index (χ4n) is 1.35. The lowest BCUT2D eigenvalue weighted by atomic mass is 10.0. The molecule has 16 heavy (non-hydrogen) atoms. The summed E-state index contributed by atoms with van der Waals surface area (Å²) in [7, 11) is 0. The number of carbonyl (C=O) groups is 2. The lowest BCUT2D eigenvalue weighted by Crippen LogP contribution is -2.34. The number of hydrogen-bond donors (Lipinski definition) is 3. The second-order valence-corrected chi connectivity index (χ2v) is 3.39. The van der Waals surface area contributed by atoms with E-state index in [1.54, 1.807) is 0 Å². The third kappa shape index (κ3) is 3.70. The SMILES string of the molecule is NCc1ccccc1CC(=O)NCC(N)=O. The number of benzene rings is 1. The number of hydrogen-bond acceptors (Lipinski definition) is 3. The van der Waals surface area contributed by atoms with Gasteiger partial charge < -0.3 is 16.8 Å². The van der Waals surface area contributed by atoms with Crippen LogP contribution >= 0.6 is 0 Å². The van der Waals surface area contributed by atoms with Crippen molar-refractivity contribution in [2.24, 2.45) is 11.5 Å². The summed E-state index contributed by atoms with van der Waals surface area (Å²) in [5.41, 5.74) is 12.3. The van der Waals surface area contributed by atoms with Crippen LogP contribution in [0.1, 0.15) is 11.1 Å². The van der Waals surface area contributed by atoms with E-state index in [4.69, 9.17) is 11.5 Å². The van der Waals surface area contributed by atoms with Crippen LogP contribution < -0.4 is 16.8 Å². The van der Waals surface area contributed by atoms with Crippen LogP contribution in [-0.4, -0.2) is 18.4 Å². The topological polar surface area (TPSA) is 98.2 Å². The second-order valence-electron chi connectivity index (χ2n) is 3.39. The molecule has 2 amide bonds. The Bertz CT molecular complexity index is 391. The Morgan fingerprint density at radius 3 is 2.38 bits per heavy atom. The molecule has 5 nitrogen and oxygen atoms in total. The van der Waals surface area contributed by atoms with Gasteiger partial charge >= 0.3 is 0 Å². The van der Waals surface area contributed by atoms with Gasteiger partial charge in [-0.25, -0.2) is 0 Å². The Balaban J connectivity index is 2.58. The van der Waals surface area contributed by atoms with Crippen LogP contribution in [0.5, 0.6) is 0 Å². The van der Waals surface area contributed by atoms with E-state index in [-0.39, 0.29) is 18.9 Å². The fourth-order valence-corrected chi connectivity index (χ4v) is 1.35. The molecule has 5 heteroatoms. The van der Waals surface area contributed by atoms with E-state index in [1.807, 2.05) is 24.3 Å². The van der Waals surface area contributed by atoms with Gasteiger partial charge in [-0.3, -0.25) is 9.59 Å². The molecule has 0 saturated heterocycles. The minimum absolute atomic E-state index is 0.135. The summed E-state index contributed by atoms with van der Waals surface area (Å²) < 4.78 is 0. The number of nitrogens with two attached hydrogens (primary N) is 2. The normalized spacial score (nSPS) is 9.81. The smallest absolute Gasteiger partial charge is 0.236 e. The Hall–Kier alpha value is -1.88. The molecule has 0 saturated carbocycles. The van der Waals surface area contributed by atoms with Gasteiger partial charge in [0.25, 0.3) is 0 Å². The summed E-state index contributed by atoms with van der Waals surface area (Å²) >= 11 is 0. The number of carbonyl (C=O) groups excluding carboxylic acids is 2. The molecule has 86 valence electrons. The van der Waals surface area contributed by atoms with Crippen molar-refractivity contribution in [3.8, 4) is 0 Å². The van der Waals surface area contributed by atoms with E-state index < -0.39 is 5.91 Å². The monoisotopic (exact) mass is 221 g/mol. The molecule has 1 aromatic rings. The highest BCUT2D eigenvalue weighted by Crippen LogP contribution is 2.08. The van der Waals surface area contributed by atoms with Gasteiger partial charge in [0.1, 0.15) is 0 Å². The van der Waals surface area contributed by atoms with Gasteiger partial charge in [-0.05, 0) is 11.1 Å². The predicted molar refractivity (Wildman–Crippen MR) is 60.2 cm³/mol. The average molecular weight is 221 g/mol. The minimum Gasteiger partial charge on any atom is -0.368 e. The molecule has 0 aliphatic rings. The molecule has 0 atom stereocenters. The molecule has 0 aromatic heterocycles. The molecule has 1 rings (SSSR count). The lowest BCUT2D eigenvalue weighted by molar-refractivity contribution is -0.124. The Morgan fingerprint density at radius 2 is 1.81 bits per heavy atom. The van der Waals surface area contributed by atoms with E-state index in [2.05, 4.69) is 5.32 Å². The van der Waals surface area contributed by atoms with Gasteiger partial charge in [-0.1, -0.05) is 24.3 Å². The minimum atomic E-state index is -0.555. The maximum atomic E-state index is 11.4. The third-order valence-electron chi connectivity index (χ3n) is 2.15. The summed E-state index contributed by atoms with van der Waals surface area (Å²) in [6.07, 6.45) is 0.209. The zero-order valence-corrected chi connectivity index (χ0v) is 8.90. The molecule has 0 fully saturated rings. The number of rotatable bonds is 5. The first kappa shape index (κ1) is 12.2. The molecule has 0 radical (unpaired) electrons. The van der Waals surface area contributed by atoms with Gasteiger partial charge in [0.15, 0.2) is 0 Å². The summed E-state index contributed by atoms with van der Waals surface area (Å²) in [6, 6.07) is 7.42. The molecule has 0 spiro atoms. The van der Waals surface area contributed by atoms with Crippen molar-refractivity contribution in [1.82, 2.24) is 5.32 Å². The quantitative estimate of drug-likeness (QED) is 0.612. The van der Waals surface area contributed by atoms with Gasteiger partial charge in [0.05, 0.1) is 13.0 Å². The highest BCUT2D eigenvalue weighted by molar-refractivity contribution is 5.84. The number of amides is 2. The van der Waals surface area contributed by atoms with Crippen LogP contribution in [0.4, 0.5) is 0 Å². The van der Waals surface area contributed by atoms with E-state index in [9.17, 15) is 9.59 Å². The molecule has 0 aliphatic carbocycles. The fraction of sp³-hybridized carbons (Fsp3) is 0.273. The summed E-state index contributed by atoms with van der Waals surface area (Å²) in [5.74, 6) is -0.792. The van der Waals surface area contributed by atoms with Gasteiger partial charge in [0, 0.05) is 6.54 Å². The van der Waals surface area contributed by atoms with Crippen molar-refractivity contribution in [3.63, 3.8) is 0 Å². The molecule has 0 heterocycles.